The van der Waals surface area contributed by atoms with E-state index in [1.165, 1.54) is 44.5 Å². The van der Waals surface area contributed by atoms with Crippen LogP contribution < -0.4 is 37.2 Å². The van der Waals surface area contributed by atoms with Gasteiger partial charge in [0.2, 0.25) is 0 Å². The van der Waals surface area contributed by atoms with Crippen LogP contribution in [0, 0.1) is 0 Å². The average molecular weight is 1740 g/mol. The minimum atomic E-state index is -10.7. The molecule has 0 radical (unpaired) electrons. The molecule has 0 N–H and O–H groups in total. The molecule has 14 nitrogen and oxygen atoms in total. The molecular formula is C72H76F24N4O10P4. The van der Waals surface area contributed by atoms with Crippen LogP contribution in [0.3, 0.4) is 0 Å². The summed E-state index contributed by atoms with van der Waals surface area (Å²) in [7, 11) is -42.6. The fourth-order valence-corrected chi connectivity index (χ4v) is 10.3. The summed E-state index contributed by atoms with van der Waals surface area (Å²) in [5.74, 6) is 3.15. The Morgan fingerprint density at radius 1 is 0.193 bits per heavy atom. The molecule has 20 aliphatic heterocycles. The van der Waals surface area contributed by atoms with Gasteiger partial charge in [-0.05, 0) is 46.5 Å². The van der Waals surface area contributed by atoms with Crippen LogP contribution in [0.5, 0.6) is 23.0 Å². The molecule has 24 heterocycles. The van der Waals surface area contributed by atoms with Gasteiger partial charge in [-0.1, -0.05) is 97.1 Å². The molecule has 632 valence electrons. The van der Waals surface area contributed by atoms with E-state index in [9.17, 15) is 101 Å². The van der Waals surface area contributed by atoms with E-state index in [0.717, 1.165) is 70.7 Å². The van der Waals surface area contributed by atoms with E-state index >= 15 is 0 Å². The maximum atomic E-state index is 9.87. The van der Waals surface area contributed by atoms with Crippen LogP contribution in [0.2, 0.25) is 0 Å². The standard InChI is InChI=1S/C36H32N4.C36H44O10.4F6P/c1-2-30-4-3-29(1)25-37-17-9-33(10-18-37)35-13-21-39(22-14-35)27-31-5-7-32(8-6-31)28-40-23-15-36(16-24-40)34-11-19-38(26-30)20-12-34;1-2-6-32-31(5-1)35-33-7-3-4-8-34(33)36(32)46-28-24-42-20-16-38-14-18-40-22-26-44-30-11-9-29(10-12-30)43-25-21-39-17-13-37-15-19-41-23-27-45-35;4*1-7(2,3,4,5)6/h1-24H,25-28H2;1-12H,13-28H2;;;;/q+4;;4*-1. The third-order valence-corrected chi connectivity index (χ3v) is 14.8. The van der Waals surface area contributed by atoms with E-state index in [1.807, 2.05) is 48.5 Å². The Kier molecular flexibility index (Phi) is 28.8. The fraction of sp³-hybridized carbons (Fsp3) is 0.278. The molecular weight excluding hydrogens is 1660 g/mol. The Labute approximate surface area is 635 Å². The van der Waals surface area contributed by atoms with Crippen molar-refractivity contribution in [2.75, 3.05) is 106 Å². The summed E-state index contributed by atoms with van der Waals surface area (Å²) in [5.41, 5.74) is 10.1. The van der Waals surface area contributed by atoms with Crippen molar-refractivity contribution in [1.82, 2.24) is 0 Å². The van der Waals surface area contributed by atoms with Gasteiger partial charge in [-0.15, -0.1) is 0 Å². The third-order valence-electron chi connectivity index (χ3n) is 14.8. The third kappa shape index (κ3) is 44.9. The quantitative estimate of drug-likeness (QED) is 0.0630. The van der Waals surface area contributed by atoms with Gasteiger partial charge in [0.1, 0.15) is 49.4 Å². The second-order valence-electron chi connectivity index (χ2n) is 24.8. The summed E-state index contributed by atoms with van der Waals surface area (Å²) in [6.07, 6.45) is 17.4. The summed E-state index contributed by atoms with van der Waals surface area (Å²) in [5, 5.41) is 3.96. The molecule has 114 heavy (non-hydrogen) atoms. The minimum Gasteiger partial charge on any atom is -0.491 e. The zero-order valence-corrected chi connectivity index (χ0v) is 63.2. The molecule has 30 rings (SSSR count). The second kappa shape index (κ2) is 35.5. The zero-order valence-electron chi connectivity index (χ0n) is 59.7. The average Bonchev–Trinajstić information content (AvgIpc) is 0.583. The molecule has 6 aromatic carbocycles. The number of hydrogen-bond donors (Lipinski definition) is 0. The second-order valence-corrected chi connectivity index (χ2v) is 32.5. The first-order valence-electron chi connectivity index (χ1n) is 33.8. The molecule has 10 aromatic rings. The monoisotopic (exact) mass is 1740 g/mol. The molecule has 0 unspecified atom stereocenters. The van der Waals surface area contributed by atoms with E-state index in [4.69, 9.17) is 47.4 Å². The van der Waals surface area contributed by atoms with Crippen molar-refractivity contribution in [3.8, 4) is 45.3 Å². The summed E-state index contributed by atoms with van der Waals surface area (Å²) in [6, 6.07) is 59.3. The number of ether oxygens (including phenoxy) is 10. The first-order chi connectivity index (χ1) is 52.4. The van der Waals surface area contributed by atoms with Gasteiger partial charge in [0.05, 0.1) is 79.3 Å². The minimum absolute atomic E-state index is 0.412. The molecule has 0 spiro atoms. The summed E-state index contributed by atoms with van der Waals surface area (Å²) < 4.78 is 304. The number of pyridine rings is 4. The summed E-state index contributed by atoms with van der Waals surface area (Å²) in [6.45, 7) is 10.8. The predicted molar refractivity (Wildman–Crippen MR) is 383 cm³/mol. The predicted octanol–water partition coefficient (Wildman–Crippen LogP) is 23.5. The zero-order chi connectivity index (χ0) is 83.8. The molecule has 16 bridgehead atoms. The summed E-state index contributed by atoms with van der Waals surface area (Å²) in [4.78, 5) is 0. The first-order valence-corrected chi connectivity index (χ1v) is 41.9. The molecule has 0 amide bonds. The molecule has 0 aliphatic carbocycles. The van der Waals surface area contributed by atoms with Crippen LogP contribution in [0.15, 0.2) is 219 Å². The molecule has 0 saturated heterocycles. The Balaban J connectivity index is 0.000000237. The van der Waals surface area contributed by atoms with Gasteiger partial charge in [0, 0.05) is 92.3 Å². The van der Waals surface area contributed by atoms with Crippen LogP contribution in [-0.2, 0) is 54.6 Å². The number of rotatable bonds is 0. The summed E-state index contributed by atoms with van der Waals surface area (Å²) >= 11 is 0. The Bertz CT molecular complexity index is 4110. The van der Waals surface area contributed by atoms with Gasteiger partial charge in [-0.3, -0.25) is 0 Å². The molecule has 0 fully saturated rings. The van der Waals surface area contributed by atoms with Crippen LogP contribution in [-0.4, -0.2) is 106 Å². The van der Waals surface area contributed by atoms with Gasteiger partial charge in [-0.25, -0.2) is 18.3 Å². The van der Waals surface area contributed by atoms with Gasteiger partial charge < -0.3 is 47.4 Å². The van der Waals surface area contributed by atoms with E-state index in [0.29, 0.717) is 106 Å². The SMILES string of the molecule is F[P-](F)(F)(F)(F)F.F[P-](F)(F)(F)(F)F.F[P-](F)(F)(F)(F)F.F[P-](F)(F)(F)(F)F.c1cc2ccc1C[n+]1ccc(cc1)-c1cc[n+](cc1)Cc1ccc(cc1)C[n+]1ccc(cc1)-c1cc[n+](cc1)C2.c1ccc2c3c4ccccc4c(c2c1)OCCOCCOCCOCCOc1ccc(cc1)OCCOCCOCCOCCO3. The van der Waals surface area contributed by atoms with Crippen LogP contribution in [0.1, 0.15) is 22.3 Å². The fourth-order valence-electron chi connectivity index (χ4n) is 10.3. The molecule has 42 heteroatoms. The molecule has 0 saturated carbocycles. The van der Waals surface area contributed by atoms with Crippen LogP contribution >= 0.6 is 31.2 Å². The van der Waals surface area contributed by atoms with Crippen LogP contribution in [0.4, 0.5) is 101 Å². The number of halogens is 24. The maximum Gasteiger partial charge on any atom is 0.173 e. The maximum absolute atomic E-state index is 10.7. The smallest absolute Gasteiger partial charge is 0.173 e. The molecule has 20 aliphatic rings. The molecule has 4 aromatic heterocycles. The van der Waals surface area contributed by atoms with Crippen molar-refractivity contribution in [2.24, 2.45) is 0 Å². The molecule has 0 atom stereocenters. The van der Waals surface area contributed by atoms with Crippen molar-refractivity contribution in [2.45, 2.75) is 26.2 Å². The number of aromatic nitrogens is 4. The largest absolute Gasteiger partial charge is 0.491 e. The van der Waals surface area contributed by atoms with Gasteiger partial charge in [0.15, 0.2) is 75.8 Å². The van der Waals surface area contributed by atoms with Crippen molar-refractivity contribution < 1.29 is 166 Å². The Morgan fingerprint density at radius 2 is 0.351 bits per heavy atom. The van der Waals surface area contributed by atoms with Crippen molar-refractivity contribution in [3.63, 3.8) is 0 Å². The number of benzene rings is 6. The van der Waals surface area contributed by atoms with Crippen molar-refractivity contribution >= 4 is 52.8 Å². The van der Waals surface area contributed by atoms with Crippen molar-refractivity contribution in [3.05, 3.63) is 242 Å². The van der Waals surface area contributed by atoms with E-state index in [2.05, 4.69) is 189 Å². The number of hydrogen-bond acceptors (Lipinski definition) is 10. The Morgan fingerprint density at radius 3 is 0.526 bits per heavy atom. The topological polar surface area (TPSA) is 108 Å². The van der Waals surface area contributed by atoms with E-state index < -0.39 is 31.2 Å². The normalized spacial score (nSPS) is 17.4. The van der Waals surface area contributed by atoms with Gasteiger partial charge >= 0.3 is 132 Å². The van der Waals surface area contributed by atoms with Crippen molar-refractivity contribution in [1.29, 1.82) is 0 Å². The van der Waals surface area contributed by atoms with Gasteiger partial charge in [0.25, 0.3) is 0 Å². The van der Waals surface area contributed by atoms with E-state index in [-0.39, 0.29) is 0 Å². The van der Waals surface area contributed by atoms with Crippen LogP contribution in [0.25, 0.3) is 43.8 Å². The first kappa shape index (κ1) is 92.6. The van der Waals surface area contributed by atoms with E-state index in [1.54, 1.807) is 0 Å². The number of nitrogens with zero attached hydrogens (tertiary/aromatic N) is 4. The van der Waals surface area contributed by atoms with Gasteiger partial charge in [-0.2, -0.15) is 0 Å². The Hall–Kier alpha value is -8.56.